The van der Waals surface area contributed by atoms with Crippen LogP contribution in [0.15, 0.2) is 0 Å². The molecule has 0 aliphatic carbocycles. The first-order valence-electron chi connectivity index (χ1n) is 7.01. The largest absolute Gasteiger partial charge is 0.379 e. The zero-order valence-corrected chi connectivity index (χ0v) is 12.0. The van der Waals surface area contributed by atoms with E-state index in [0.717, 1.165) is 26.1 Å². The molecule has 0 aliphatic rings. The lowest BCUT2D eigenvalue weighted by Gasteiger charge is -2.17. The first-order valence-corrected chi connectivity index (χ1v) is 7.01. The van der Waals surface area contributed by atoms with Gasteiger partial charge in [-0.2, -0.15) is 0 Å². The smallest absolute Gasteiger partial charge is 0.0781 e. The fourth-order valence-corrected chi connectivity index (χ4v) is 1.43. The molecule has 2 atom stereocenters. The number of hydrogen-bond donors (Lipinski definition) is 0. The van der Waals surface area contributed by atoms with Crippen molar-refractivity contribution in [1.82, 2.24) is 0 Å². The summed E-state index contributed by atoms with van der Waals surface area (Å²) in [4.78, 5) is 0. The lowest BCUT2D eigenvalue weighted by Crippen LogP contribution is -2.23. The first kappa shape index (κ1) is 16.9. The minimum Gasteiger partial charge on any atom is -0.379 e. The zero-order chi connectivity index (χ0) is 12.9. The summed E-state index contributed by atoms with van der Waals surface area (Å²) < 4.78 is 16.7. The van der Waals surface area contributed by atoms with Gasteiger partial charge < -0.3 is 14.2 Å². The third-order valence-corrected chi connectivity index (χ3v) is 2.47. The summed E-state index contributed by atoms with van der Waals surface area (Å²) in [5, 5.41) is 0. The molecule has 0 aromatic heterocycles. The molecule has 0 saturated carbocycles. The third-order valence-electron chi connectivity index (χ3n) is 2.47. The Hall–Kier alpha value is -0.120. The van der Waals surface area contributed by atoms with Gasteiger partial charge in [0.2, 0.25) is 0 Å². The van der Waals surface area contributed by atoms with Crippen LogP contribution in [-0.4, -0.2) is 38.6 Å². The summed E-state index contributed by atoms with van der Waals surface area (Å²) in [5.74, 6) is 0. The highest BCUT2D eigenvalue weighted by atomic mass is 16.6. The molecule has 17 heavy (non-hydrogen) atoms. The molecule has 104 valence electrons. The fourth-order valence-electron chi connectivity index (χ4n) is 1.43. The maximum absolute atomic E-state index is 5.66. The molecule has 0 radical (unpaired) electrons. The van der Waals surface area contributed by atoms with Crippen molar-refractivity contribution in [3.63, 3.8) is 0 Å². The molecule has 0 fully saturated rings. The van der Waals surface area contributed by atoms with Gasteiger partial charge in [0, 0.05) is 13.2 Å². The molecule has 0 bridgehead atoms. The second kappa shape index (κ2) is 12.3. The van der Waals surface area contributed by atoms with Crippen LogP contribution in [0.2, 0.25) is 0 Å². The molecule has 0 aliphatic heterocycles. The summed E-state index contributed by atoms with van der Waals surface area (Å²) in [6.45, 7) is 11.4. The summed E-state index contributed by atoms with van der Waals surface area (Å²) >= 11 is 0. The quantitative estimate of drug-likeness (QED) is 0.494. The zero-order valence-electron chi connectivity index (χ0n) is 12.0. The minimum atomic E-state index is 0.156. The average Bonchev–Trinajstić information content (AvgIpc) is 2.32. The highest BCUT2D eigenvalue weighted by Crippen LogP contribution is 2.01. The molecule has 0 aromatic rings. The van der Waals surface area contributed by atoms with Crippen molar-refractivity contribution in [3.8, 4) is 0 Å². The van der Waals surface area contributed by atoms with Gasteiger partial charge in [-0.25, -0.2) is 0 Å². The molecule has 0 aromatic carbocycles. The van der Waals surface area contributed by atoms with E-state index in [-0.39, 0.29) is 12.2 Å². The minimum absolute atomic E-state index is 0.156. The second-order valence-corrected chi connectivity index (χ2v) is 4.61. The lowest BCUT2D eigenvalue weighted by molar-refractivity contribution is -0.0573. The normalized spacial score (nSPS) is 14.8. The van der Waals surface area contributed by atoms with Crippen molar-refractivity contribution in [2.75, 3.05) is 26.4 Å². The van der Waals surface area contributed by atoms with E-state index >= 15 is 0 Å². The van der Waals surface area contributed by atoms with Gasteiger partial charge in [0.15, 0.2) is 0 Å². The van der Waals surface area contributed by atoms with Crippen LogP contribution < -0.4 is 0 Å². The summed E-state index contributed by atoms with van der Waals surface area (Å²) in [6, 6.07) is 0. The van der Waals surface area contributed by atoms with E-state index in [1.807, 2.05) is 6.92 Å². The van der Waals surface area contributed by atoms with Crippen molar-refractivity contribution in [2.24, 2.45) is 0 Å². The summed E-state index contributed by atoms with van der Waals surface area (Å²) in [7, 11) is 0. The fraction of sp³-hybridized carbons (Fsp3) is 1.00. The van der Waals surface area contributed by atoms with Gasteiger partial charge in [0.05, 0.1) is 25.4 Å². The van der Waals surface area contributed by atoms with Gasteiger partial charge in [-0.1, -0.05) is 26.7 Å². The molecule has 0 N–H and O–H groups in total. The van der Waals surface area contributed by atoms with Crippen LogP contribution in [0, 0.1) is 0 Å². The predicted molar refractivity (Wildman–Crippen MR) is 71.5 cm³/mol. The van der Waals surface area contributed by atoms with E-state index in [2.05, 4.69) is 20.8 Å². The molecular formula is C14H30O3. The Kier molecular flexibility index (Phi) is 12.3. The molecule has 0 spiro atoms. The molecule has 0 rings (SSSR count). The number of rotatable bonds is 12. The highest BCUT2D eigenvalue weighted by molar-refractivity contribution is 4.52. The Morgan fingerprint density at radius 1 is 0.765 bits per heavy atom. The third kappa shape index (κ3) is 12.1. The van der Waals surface area contributed by atoms with E-state index in [0.29, 0.717) is 13.2 Å². The monoisotopic (exact) mass is 246 g/mol. The molecule has 2 unspecified atom stereocenters. The van der Waals surface area contributed by atoms with Crippen LogP contribution in [0.3, 0.4) is 0 Å². The predicted octanol–water partition coefficient (Wildman–Crippen LogP) is 3.41. The van der Waals surface area contributed by atoms with E-state index in [1.54, 1.807) is 0 Å². The van der Waals surface area contributed by atoms with Gasteiger partial charge in [0.25, 0.3) is 0 Å². The van der Waals surface area contributed by atoms with Gasteiger partial charge in [-0.05, 0) is 26.7 Å². The SMILES string of the molecule is CCCCCOC(C)COC(C)COCCC. The van der Waals surface area contributed by atoms with Crippen LogP contribution >= 0.6 is 0 Å². The van der Waals surface area contributed by atoms with Gasteiger partial charge in [-0.3, -0.25) is 0 Å². The van der Waals surface area contributed by atoms with Crippen LogP contribution in [0.5, 0.6) is 0 Å². The van der Waals surface area contributed by atoms with E-state index < -0.39 is 0 Å². The first-order chi connectivity index (χ1) is 8.20. The Bertz CT molecular complexity index is 150. The van der Waals surface area contributed by atoms with Crippen LogP contribution in [0.1, 0.15) is 53.4 Å². The van der Waals surface area contributed by atoms with Crippen LogP contribution in [0.4, 0.5) is 0 Å². The molecule has 3 heteroatoms. The number of unbranched alkanes of at least 4 members (excludes halogenated alkanes) is 2. The van der Waals surface area contributed by atoms with Crippen molar-refractivity contribution in [1.29, 1.82) is 0 Å². The van der Waals surface area contributed by atoms with Crippen LogP contribution in [-0.2, 0) is 14.2 Å². The van der Waals surface area contributed by atoms with E-state index in [9.17, 15) is 0 Å². The lowest BCUT2D eigenvalue weighted by atomic mass is 10.3. The van der Waals surface area contributed by atoms with Crippen molar-refractivity contribution in [2.45, 2.75) is 65.6 Å². The van der Waals surface area contributed by atoms with Gasteiger partial charge in [0.1, 0.15) is 0 Å². The topological polar surface area (TPSA) is 27.7 Å². The maximum atomic E-state index is 5.66. The molecule has 3 nitrogen and oxygen atoms in total. The molecule has 0 heterocycles. The van der Waals surface area contributed by atoms with Gasteiger partial charge in [-0.15, -0.1) is 0 Å². The molecule has 0 amide bonds. The Morgan fingerprint density at radius 2 is 1.47 bits per heavy atom. The Labute approximate surface area is 107 Å². The molecular weight excluding hydrogens is 216 g/mol. The van der Waals surface area contributed by atoms with Crippen LogP contribution in [0.25, 0.3) is 0 Å². The standard InChI is InChI=1S/C14H30O3/c1-5-7-8-10-16-14(4)12-17-13(3)11-15-9-6-2/h13-14H,5-12H2,1-4H3. The van der Waals surface area contributed by atoms with Crippen molar-refractivity contribution >= 4 is 0 Å². The number of hydrogen-bond acceptors (Lipinski definition) is 3. The number of ether oxygens (including phenoxy) is 3. The Balaban J connectivity index is 3.32. The summed E-state index contributed by atoms with van der Waals surface area (Å²) in [5.41, 5.74) is 0. The van der Waals surface area contributed by atoms with E-state index in [1.165, 1.54) is 12.8 Å². The summed E-state index contributed by atoms with van der Waals surface area (Å²) in [6.07, 6.45) is 5.03. The molecule has 0 saturated heterocycles. The van der Waals surface area contributed by atoms with Crippen molar-refractivity contribution in [3.05, 3.63) is 0 Å². The Morgan fingerprint density at radius 3 is 2.12 bits per heavy atom. The highest BCUT2D eigenvalue weighted by Gasteiger charge is 2.06. The van der Waals surface area contributed by atoms with E-state index in [4.69, 9.17) is 14.2 Å². The maximum Gasteiger partial charge on any atom is 0.0781 e. The van der Waals surface area contributed by atoms with Gasteiger partial charge >= 0.3 is 0 Å². The van der Waals surface area contributed by atoms with Crippen molar-refractivity contribution < 1.29 is 14.2 Å². The average molecular weight is 246 g/mol. The second-order valence-electron chi connectivity index (χ2n) is 4.61.